The highest BCUT2D eigenvalue weighted by Gasteiger charge is 2.27. The average Bonchev–Trinajstić information content (AvgIpc) is 3.58. The lowest BCUT2D eigenvalue weighted by Gasteiger charge is -2.29. The number of halogens is 1. The van der Waals surface area contributed by atoms with E-state index in [4.69, 9.17) is 9.15 Å². The number of ether oxygens (including phenoxy) is 1. The van der Waals surface area contributed by atoms with Gasteiger partial charge in [-0.05, 0) is 70.3 Å². The van der Waals surface area contributed by atoms with Gasteiger partial charge in [0.1, 0.15) is 17.3 Å². The quantitative estimate of drug-likeness (QED) is 0.301. The Balaban J connectivity index is 1.49. The Bertz CT molecular complexity index is 1530. The number of methoxy groups -OCH3 is 1. The number of aromatic amines is 1. The Morgan fingerprint density at radius 2 is 1.97 bits per heavy atom. The van der Waals surface area contributed by atoms with E-state index in [0.29, 0.717) is 48.7 Å². The number of nitrogens with zero attached hydrogens (tertiary/aromatic N) is 5. The highest BCUT2D eigenvalue weighted by Crippen LogP contribution is 2.27. The molecular weight excluding hydrogens is 475 g/mol. The van der Waals surface area contributed by atoms with Crippen molar-refractivity contribution in [2.24, 2.45) is 0 Å². The van der Waals surface area contributed by atoms with Gasteiger partial charge in [-0.2, -0.15) is 0 Å². The number of hydrogen-bond donors (Lipinski definition) is 1. The summed E-state index contributed by atoms with van der Waals surface area (Å²) in [6, 6.07) is 17.3. The van der Waals surface area contributed by atoms with Crippen molar-refractivity contribution < 1.29 is 13.5 Å². The number of fused-ring (bicyclic) bond motifs is 1. The lowest BCUT2D eigenvalue weighted by Crippen LogP contribution is -2.32. The Morgan fingerprint density at radius 3 is 2.70 bits per heavy atom. The van der Waals surface area contributed by atoms with Crippen LogP contribution in [0.15, 0.2) is 76.1 Å². The van der Waals surface area contributed by atoms with E-state index >= 15 is 0 Å². The van der Waals surface area contributed by atoms with E-state index in [0.717, 1.165) is 16.7 Å². The molecule has 10 heteroatoms. The third-order valence-electron chi connectivity index (χ3n) is 6.37. The molecule has 0 radical (unpaired) electrons. The highest BCUT2D eigenvalue weighted by molar-refractivity contribution is 5.80. The van der Waals surface area contributed by atoms with Crippen molar-refractivity contribution in [2.45, 2.75) is 39.0 Å². The third-order valence-corrected chi connectivity index (χ3v) is 6.37. The summed E-state index contributed by atoms with van der Waals surface area (Å²) in [4.78, 5) is 18.2. The molecule has 0 fully saturated rings. The van der Waals surface area contributed by atoms with Crippen molar-refractivity contribution in [3.8, 4) is 5.75 Å². The molecule has 0 aliphatic rings. The summed E-state index contributed by atoms with van der Waals surface area (Å²) in [5, 5.41) is 13.4. The second kappa shape index (κ2) is 10.8. The van der Waals surface area contributed by atoms with Crippen LogP contribution >= 0.6 is 0 Å². The molecule has 1 unspecified atom stereocenters. The van der Waals surface area contributed by atoms with Gasteiger partial charge in [-0.3, -0.25) is 9.69 Å². The molecule has 5 rings (SSSR count). The standard InChI is InChI=1S/C27H27FN6O3/c1-3-25(26-30-31-32-34(26)15-18-6-9-21(28)10-7-18)33(17-23-5-4-12-37-23)16-20-13-19-8-11-22(36-2)14-24(19)29-27(20)35/h4-14,25H,3,15-17H2,1-2H3,(H,29,35). The molecule has 0 aliphatic heterocycles. The van der Waals surface area contributed by atoms with Crippen LogP contribution in [0.1, 0.15) is 42.1 Å². The zero-order valence-electron chi connectivity index (χ0n) is 20.6. The van der Waals surface area contributed by atoms with Gasteiger partial charge in [-0.1, -0.05) is 19.1 Å². The minimum atomic E-state index is -0.296. The molecule has 3 aromatic heterocycles. The number of pyridine rings is 1. The summed E-state index contributed by atoms with van der Waals surface area (Å²) >= 11 is 0. The van der Waals surface area contributed by atoms with Gasteiger partial charge in [0.05, 0.1) is 38.0 Å². The fourth-order valence-electron chi connectivity index (χ4n) is 4.50. The van der Waals surface area contributed by atoms with Gasteiger partial charge >= 0.3 is 0 Å². The van der Waals surface area contributed by atoms with Crippen molar-refractivity contribution in [1.29, 1.82) is 0 Å². The SMILES string of the molecule is CCC(c1nnnn1Cc1ccc(F)cc1)N(Cc1ccco1)Cc1cc2ccc(OC)cc2[nH]c1=O. The van der Waals surface area contributed by atoms with Crippen LogP contribution in [-0.4, -0.2) is 37.2 Å². The fourth-order valence-corrected chi connectivity index (χ4v) is 4.50. The number of H-pyrrole nitrogens is 1. The van der Waals surface area contributed by atoms with E-state index in [2.05, 4.69) is 25.4 Å². The number of aromatic nitrogens is 5. The number of rotatable bonds is 10. The van der Waals surface area contributed by atoms with Crippen LogP contribution in [0.2, 0.25) is 0 Å². The van der Waals surface area contributed by atoms with Crippen LogP contribution < -0.4 is 10.3 Å². The Labute approximate surface area is 212 Å². The van der Waals surface area contributed by atoms with Crippen molar-refractivity contribution in [3.05, 3.63) is 106 Å². The first-order valence-corrected chi connectivity index (χ1v) is 12.0. The van der Waals surface area contributed by atoms with Gasteiger partial charge in [0.15, 0.2) is 5.82 Å². The van der Waals surface area contributed by atoms with Crippen LogP contribution in [0.5, 0.6) is 5.75 Å². The maximum Gasteiger partial charge on any atom is 0.252 e. The number of benzene rings is 2. The van der Waals surface area contributed by atoms with Gasteiger partial charge in [-0.25, -0.2) is 9.07 Å². The van der Waals surface area contributed by atoms with Crippen molar-refractivity contribution >= 4 is 10.9 Å². The molecule has 1 atom stereocenters. The molecular formula is C27H27FN6O3. The minimum Gasteiger partial charge on any atom is -0.497 e. The molecule has 0 saturated heterocycles. The first-order valence-electron chi connectivity index (χ1n) is 12.0. The molecule has 37 heavy (non-hydrogen) atoms. The molecule has 1 N–H and O–H groups in total. The van der Waals surface area contributed by atoms with E-state index in [1.165, 1.54) is 12.1 Å². The van der Waals surface area contributed by atoms with Gasteiger partial charge in [-0.15, -0.1) is 5.10 Å². The molecule has 190 valence electrons. The summed E-state index contributed by atoms with van der Waals surface area (Å²) in [6.45, 7) is 3.24. The molecule has 0 saturated carbocycles. The molecule has 5 aromatic rings. The number of tetrazole rings is 1. The molecule has 0 aliphatic carbocycles. The van der Waals surface area contributed by atoms with Crippen LogP contribution in [-0.2, 0) is 19.6 Å². The van der Waals surface area contributed by atoms with Crippen molar-refractivity contribution in [2.75, 3.05) is 7.11 Å². The van der Waals surface area contributed by atoms with Crippen molar-refractivity contribution in [3.63, 3.8) is 0 Å². The van der Waals surface area contributed by atoms with E-state index in [-0.39, 0.29) is 17.4 Å². The minimum absolute atomic E-state index is 0.175. The molecule has 2 aromatic carbocycles. The maximum absolute atomic E-state index is 13.4. The number of nitrogens with one attached hydrogen (secondary N) is 1. The van der Waals surface area contributed by atoms with Gasteiger partial charge in [0.25, 0.3) is 5.56 Å². The Hall–Kier alpha value is -4.31. The zero-order chi connectivity index (χ0) is 25.8. The summed E-state index contributed by atoms with van der Waals surface area (Å²) in [5.41, 5.74) is 2.02. The Kier molecular flexibility index (Phi) is 7.09. The van der Waals surface area contributed by atoms with Crippen LogP contribution in [0.4, 0.5) is 4.39 Å². The largest absolute Gasteiger partial charge is 0.497 e. The van der Waals surface area contributed by atoms with Crippen LogP contribution in [0, 0.1) is 5.82 Å². The van der Waals surface area contributed by atoms with Crippen molar-refractivity contribution in [1.82, 2.24) is 30.1 Å². The topological polar surface area (TPSA) is 102 Å². The third kappa shape index (κ3) is 5.44. The van der Waals surface area contributed by atoms with E-state index < -0.39 is 0 Å². The van der Waals surface area contributed by atoms with Gasteiger partial charge in [0.2, 0.25) is 0 Å². The van der Waals surface area contributed by atoms with E-state index in [1.54, 1.807) is 36.3 Å². The molecule has 9 nitrogen and oxygen atoms in total. The smallest absolute Gasteiger partial charge is 0.252 e. The second-order valence-corrected chi connectivity index (χ2v) is 8.81. The Morgan fingerprint density at radius 1 is 1.14 bits per heavy atom. The zero-order valence-corrected chi connectivity index (χ0v) is 20.6. The van der Waals surface area contributed by atoms with Gasteiger partial charge < -0.3 is 14.1 Å². The lowest BCUT2D eigenvalue weighted by atomic mass is 10.1. The second-order valence-electron chi connectivity index (χ2n) is 8.81. The van der Waals surface area contributed by atoms with Crippen LogP contribution in [0.25, 0.3) is 10.9 Å². The molecule has 0 amide bonds. The fraction of sp³-hybridized carbons (Fsp3) is 0.259. The normalized spacial score (nSPS) is 12.3. The predicted octanol–water partition coefficient (Wildman–Crippen LogP) is 4.46. The monoisotopic (exact) mass is 502 g/mol. The summed E-state index contributed by atoms with van der Waals surface area (Å²) in [7, 11) is 1.59. The number of furan rings is 1. The summed E-state index contributed by atoms with van der Waals surface area (Å²) < 4.78 is 26.0. The first kappa shape index (κ1) is 24.4. The first-order chi connectivity index (χ1) is 18.0. The van der Waals surface area contributed by atoms with Crippen LogP contribution in [0.3, 0.4) is 0 Å². The summed E-state index contributed by atoms with van der Waals surface area (Å²) in [5.74, 6) is 1.79. The predicted molar refractivity (Wildman–Crippen MR) is 135 cm³/mol. The average molecular weight is 503 g/mol. The van der Waals surface area contributed by atoms with E-state index in [9.17, 15) is 9.18 Å². The molecule has 0 bridgehead atoms. The molecule has 0 spiro atoms. The molecule has 3 heterocycles. The van der Waals surface area contributed by atoms with Gasteiger partial charge in [0, 0.05) is 18.2 Å². The lowest BCUT2D eigenvalue weighted by molar-refractivity contribution is 0.149. The maximum atomic E-state index is 13.4. The highest BCUT2D eigenvalue weighted by atomic mass is 19.1. The van der Waals surface area contributed by atoms with E-state index in [1.807, 2.05) is 37.3 Å². The summed E-state index contributed by atoms with van der Waals surface area (Å²) in [6.07, 6.45) is 2.32. The number of hydrogen-bond acceptors (Lipinski definition) is 7.